The third-order valence-corrected chi connectivity index (χ3v) is 3.81. The molecule has 0 aliphatic carbocycles. The molecule has 22 heavy (non-hydrogen) atoms. The summed E-state index contributed by atoms with van der Waals surface area (Å²) in [6.07, 6.45) is 0.306. The largest absolute Gasteiger partial charge is 0.492 e. The zero-order valence-electron chi connectivity index (χ0n) is 12.9. The molecule has 116 valence electrons. The maximum atomic E-state index is 12.2. The Morgan fingerprint density at radius 2 is 1.82 bits per heavy atom. The lowest BCUT2D eigenvalue weighted by molar-refractivity contribution is -0.129. The van der Waals surface area contributed by atoms with E-state index >= 15 is 0 Å². The van der Waals surface area contributed by atoms with Gasteiger partial charge in [-0.15, -0.1) is 0 Å². The number of benzene rings is 2. The summed E-state index contributed by atoms with van der Waals surface area (Å²) in [6.45, 7) is 3.04. The fraction of sp³-hybridized carbons (Fsp3) is 0.278. The van der Waals surface area contributed by atoms with Crippen LogP contribution in [0.5, 0.6) is 5.75 Å². The second-order valence-electron chi connectivity index (χ2n) is 5.24. The van der Waals surface area contributed by atoms with E-state index in [1.165, 1.54) is 5.56 Å². The van der Waals surface area contributed by atoms with Gasteiger partial charge < -0.3 is 9.64 Å². The predicted octanol–water partition coefficient (Wildman–Crippen LogP) is 3.73. The van der Waals surface area contributed by atoms with Gasteiger partial charge in [-0.2, -0.15) is 0 Å². The van der Waals surface area contributed by atoms with E-state index in [0.29, 0.717) is 24.6 Å². The fourth-order valence-electron chi connectivity index (χ4n) is 2.00. The van der Waals surface area contributed by atoms with Gasteiger partial charge in [0.1, 0.15) is 12.4 Å². The van der Waals surface area contributed by atoms with E-state index in [9.17, 15) is 4.79 Å². The van der Waals surface area contributed by atoms with Crippen molar-refractivity contribution in [2.24, 2.45) is 0 Å². The number of halogens is 1. The normalized spacial score (nSPS) is 10.3. The van der Waals surface area contributed by atoms with Crippen molar-refractivity contribution in [1.29, 1.82) is 0 Å². The standard InChI is InChI=1S/C18H20ClNO2/c1-14-7-9-16(10-8-14)22-12-11-20(2)18(21)13-15-5-3-4-6-17(15)19/h3-10H,11-13H2,1-2H3. The monoisotopic (exact) mass is 317 g/mol. The Kier molecular flexibility index (Phi) is 5.84. The van der Waals surface area contributed by atoms with E-state index in [4.69, 9.17) is 16.3 Å². The fourth-order valence-corrected chi connectivity index (χ4v) is 2.20. The SMILES string of the molecule is Cc1ccc(OCCN(C)C(=O)Cc2ccccc2Cl)cc1. The molecule has 0 heterocycles. The third kappa shape index (κ3) is 4.78. The van der Waals surface area contributed by atoms with Gasteiger partial charge in [0.05, 0.1) is 13.0 Å². The first kappa shape index (κ1) is 16.4. The molecule has 0 radical (unpaired) electrons. The summed E-state index contributed by atoms with van der Waals surface area (Å²) < 4.78 is 5.64. The summed E-state index contributed by atoms with van der Waals surface area (Å²) in [7, 11) is 1.78. The molecule has 2 rings (SSSR count). The lowest BCUT2D eigenvalue weighted by Crippen LogP contribution is -2.32. The van der Waals surface area contributed by atoms with Crippen molar-refractivity contribution in [3.63, 3.8) is 0 Å². The smallest absolute Gasteiger partial charge is 0.226 e. The molecule has 0 saturated heterocycles. The van der Waals surface area contributed by atoms with Gasteiger partial charge in [0, 0.05) is 12.1 Å². The van der Waals surface area contributed by atoms with Gasteiger partial charge in [-0.1, -0.05) is 47.5 Å². The van der Waals surface area contributed by atoms with Crippen LogP contribution in [0.15, 0.2) is 48.5 Å². The van der Waals surface area contributed by atoms with Gasteiger partial charge >= 0.3 is 0 Å². The third-order valence-electron chi connectivity index (χ3n) is 3.44. The molecule has 0 aliphatic rings. The number of amides is 1. The number of hydrogen-bond donors (Lipinski definition) is 0. The number of hydrogen-bond acceptors (Lipinski definition) is 2. The van der Waals surface area contributed by atoms with Crippen LogP contribution in [0.4, 0.5) is 0 Å². The zero-order chi connectivity index (χ0) is 15.9. The molecule has 0 atom stereocenters. The van der Waals surface area contributed by atoms with Gasteiger partial charge in [-0.25, -0.2) is 0 Å². The molecule has 3 nitrogen and oxygen atoms in total. The number of likely N-dealkylation sites (N-methyl/N-ethyl adjacent to an activating group) is 1. The first-order valence-corrected chi connectivity index (χ1v) is 7.61. The Balaban J connectivity index is 1.79. The lowest BCUT2D eigenvalue weighted by Gasteiger charge is -2.18. The summed E-state index contributed by atoms with van der Waals surface area (Å²) >= 11 is 6.07. The van der Waals surface area contributed by atoms with Gasteiger partial charge in [0.2, 0.25) is 5.91 Å². The second-order valence-corrected chi connectivity index (χ2v) is 5.65. The van der Waals surface area contributed by atoms with Crippen LogP contribution < -0.4 is 4.74 Å². The predicted molar refractivity (Wildman–Crippen MR) is 89.5 cm³/mol. The van der Waals surface area contributed by atoms with Crippen LogP contribution in [0.2, 0.25) is 5.02 Å². The molecular weight excluding hydrogens is 298 g/mol. The second kappa shape index (κ2) is 7.85. The number of aryl methyl sites for hydroxylation is 1. The Hall–Kier alpha value is -2.00. The summed E-state index contributed by atoms with van der Waals surface area (Å²) in [5.41, 5.74) is 2.04. The molecule has 0 bridgehead atoms. The Labute approximate surface area is 136 Å². The average Bonchev–Trinajstić information content (AvgIpc) is 2.51. The molecule has 0 aromatic heterocycles. The summed E-state index contributed by atoms with van der Waals surface area (Å²) in [5, 5.41) is 0.625. The molecule has 0 saturated carbocycles. The van der Waals surface area contributed by atoms with E-state index in [1.807, 2.05) is 49.4 Å². The number of carbonyl (C=O) groups excluding carboxylic acids is 1. The number of rotatable bonds is 6. The van der Waals surface area contributed by atoms with Crippen LogP contribution in [-0.4, -0.2) is 31.0 Å². The minimum absolute atomic E-state index is 0.0283. The highest BCUT2D eigenvalue weighted by molar-refractivity contribution is 6.31. The summed E-state index contributed by atoms with van der Waals surface area (Å²) in [6, 6.07) is 15.3. The van der Waals surface area contributed by atoms with Crippen molar-refractivity contribution in [2.75, 3.05) is 20.2 Å². The summed E-state index contributed by atoms with van der Waals surface area (Å²) in [5.74, 6) is 0.846. The van der Waals surface area contributed by atoms with Crippen molar-refractivity contribution >= 4 is 17.5 Å². The highest BCUT2D eigenvalue weighted by Crippen LogP contribution is 2.16. The quantitative estimate of drug-likeness (QED) is 0.812. The molecule has 1 amide bonds. The Morgan fingerprint density at radius 1 is 1.14 bits per heavy atom. The molecule has 4 heteroatoms. The lowest BCUT2D eigenvalue weighted by atomic mass is 10.1. The van der Waals surface area contributed by atoms with Crippen molar-refractivity contribution < 1.29 is 9.53 Å². The van der Waals surface area contributed by atoms with Gasteiger partial charge in [0.15, 0.2) is 0 Å². The van der Waals surface area contributed by atoms with Crippen LogP contribution in [0.25, 0.3) is 0 Å². The molecule has 2 aromatic carbocycles. The molecular formula is C18H20ClNO2. The molecule has 0 aliphatic heterocycles. The number of nitrogens with zero attached hydrogens (tertiary/aromatic N) is 1. The van der Waals surface area contributed by atoms with Crippen LogP contribution in [0.3, 0.4) is 0 Å². The van der Waals surface area contributed by atoms with E-state index in [2.05, 4.69) is 0 Å². The van der Waals surface area contributed by atoms with Crippen molar-refractivity contribution in [3.8, 4) is 5.75 Å². The highest BCUT2D eigenvalue weighted by atomic mass is 35.5. The first-order chi connectivity index (χ1) is 10.6. The average molecular weight is 318 g/mol. The number of carbonyl (C=O) groups is 1. The Morgan fingerprint density at radius 3 is 2.50 bits per heavy atom. The molecule has 0 spiro atoms. The maximum absolute atomic E-state index is 12.2. The minimum Gasteiger partial charge on any atom is -0.492 e. The minimum atomic E-state index is 0.0283. The molecule has 2 aromatic rings. The van der Waals surface area contributed by atoms with Crippen LogP contribution in [0.1, 0.15) is 11.1 Å². The van der Waals surface area contributed by atoms with Gasteiger partial charge in [-0.05, 0) is 30.7 Å². The van der Waals surface area contributed by atoms with Crippen LogP contribution >= 0.6 is 11.6 Å². The van der Waals surface area contributed by atoms with E-state index < -0.39 is 0 Å². The first-order valence-electron chi connectivity index (χ1n) is 7.23. The van der Waals surface area contributed by atoms with Crippen molar-refractivity contribution in [1.82, 2.24) is 4.90 Å². The van der Waals surface area contributed by atoms with E-state index in [1.54, 1.807) is 18.0 Å². The number of ether oxygens (including phenoxy) is 1. The topological polar surface area (TPSA) is 29.5 Å². The molecule has 0 unspecified atom stereocenters. The van der Waals surface area contributed by atoms with E-state index in [0.717, 1.165) is 11.3 Å². The Bertz CT molecular complexity index is 625. The van der Waals surface area contributed by atoms with E-state index in [-0.39, 0.29) is 5.91 Å². The summed E-state index contributed by atoms with van der Waals surface area (Å²) in [4.78, 5) is 13.8. The van der Waals surface area contributed by atoms with Gasteiger partial charge in [-0.3, -0.25) is 4.79 Å². The van der Waals surface area contributed by atoms with Crippen molar-refractivity contribution in [3.05, 3.63) is 64.7 Å². The van der Waals surface area contributed by atoms with Crippen molar-refractivity contribution in [2.45, 2.75) is 13.3 Å². The van der Waals surface area contributed by atoms with Crippen LogP contribution in [-0.2, 0) is 11.2 Å². The molecule has 0 N–H and O–H groups in total. The van der Waals surface area contributed by atoms with Gasteiger partial charge in [0.25, 0.3) is 0 Å². The van der Waals surface area contributed by atoms with Crippen LogP contribution in [0, 0.1) is 6.92 Å². The zero-order valence-corrected chi connectivity index (χ0v) is 13.6. The highest BCUT2D eigenvalue weighted by Gasteiger charge is 2.11. The molecule has 0 fully saturated rings. The maximum Gasteiger partial charge on any atom is 0.226 e.